The van der Waals surface area contributed by atoms with Gasteiger partial charge in [0.05, 0.1) is 6.61 Å². The van der Waals surface area contributed by atoms with Crippen molar-refractivity contribution in [2.45, 2.75) is 19.4 Å². The van der Waals surface area contributed by atoms with Crippen molar-refractivity contribution in [1.29, 1.82) is 0 Å². The van der Waals surface area contributed by atoms with Gasteiger partial charge in [0.25, 0.3) is 0 Å². The largest absolute Gasteiger partial charge is 0.486 e. The molecule has 0 spiro atoms. The Hall–Kier alpha value is -1.06. The minimum atomic E-state index is 0.0581. The zero-order valence-electron chi connectivity index (χ0n) is 10.3. The summed E-state index contributed by atoms with van der Waals surface area (Å²) in [7, 11) is 3.61. The lowest BCUT2D eigenvalue weighted by Crippen LogP contribution is -2.33. The average molecular weight is 223 g/mol. The fraction of sp³-hybridized carbons (Fsp3) is 0.538. The molecule has 0 bridgehead atoms. The van der Waals surface area contributed by atoms with Gasteiger partial charge in [0.1, 0.15) is 11.9 Å². The van der Waals surface area contributed by atoms with E-state index in [1.54, 1.807) is 7.11 Å². The molecule has 1 atom stereocenters. The Morgan fingerprint density at radius 3 is 2.69 bits per heavy atom. The van der Waals surface area contributed by atoms with Crippen LogP contribution in [0.5, 0.6) is 5.75 Å². The van der Waals surface area contributed by atoms with Gasteiger partial charge in [-0.3, -0.25) is 0 Å². The molecule has 90 valence electrons. The van der Waals surface area contributed by atoms with Crippen LogP contribution in [-0.2, 0) is 11.2 Å². The molecule has 0 heterocycles. The van der Waals surface area contributed by atoms with Gasteiger partial charge < -0.3 is 14.8 Å². The van der Waals surface area contributed by atoms with Gasteiger partial charge in [-0.2, -0.15) is 0 Å². The zero-order chi connectivity index (χ0) is 11.8. The number of rotatable bonds is 7. The average Bonchev–Trinajstić information content (AvgIpc) is 2.30. The highest BCUT2D eigenvalue weighted by molar-refractivity contribution is 5.33. The molecule has 1 aromatic carbocycles. The monoisotopic (exact) mass is 223 g/mol. The Morgan fingerprint density at radius 2 is 2.06 bits per heavy atom. The number of para-hydroxylation sites is 1. The quantitative estimate of drug-likeness (QED) is 0.765. The number of likely N-dealkylation sites (N-methyl/N-ethyl adjacent to an activating group) is 1. The predicted molar refractivity (Wildman–Crippen MR) is 66.0 cm³/mol. The van der Waals surface area contributed by atoms with Crippen molar-refractivity contribution in [2.24, 2.45) is 0 Å². The molecule has 0 saturated carbocycles. The first-order chi connectivity index (χ1) is 7.81. The van der Waals surface area contributed by atoms with E-state index in [0.717, 1.165) is 18.7 Å². The second-order valence-electron chi connectivity index (χ2n) is 3.71. The summed E-state index contributed by atoms with van der Waals surface area (Å²) in [6, 6.07) is 8.14. The minimum Gasteiger partial charge on any atom is -0.486 e. The number of hydrogen-bond acceptors (Lipinski definition) is 3. The predicted octanol–water partition coefficient (Wildman–Crippen LogP) is 1.86. The van der Waals surface area contributed by atoms with Crippen LogP contribution in [0.25, 0.3) is 0 Å². The molecule has 0 fully saturated rings. The van der Waals surface area contributed by atoms with E-state index in [1.165, 1.54) is 5.56 Å². The van der Waals surface area contributed by atoms with Crippen LogP contribution < -0.4 is 10.1 Å². The van der Waals surface area contributed by atoms with Gasteiger partial charge in [0, 0.05) is 13.7 Å². The van der Waals surface area contributed by atoms with E-state index in [9.17, 15) is 0 Å². The Kier molecular flexibility index (Phi) is 5.90. The molecule has 0 aliphatic carbocycles. The molecule has 1 unspecified atom stereocenters. The summed E-state index contributed by atoms with van der Waals surface area (Å²) in [6.45, 7) is 3.51. The van der Waals surface area contributed by atoms with Gasteiger partial charge in [0.2, 0.25) is 0 Å². The first-order valence-electron chi connectivity index (χ1n) is 5.69. The van der Waals surface area contributed by atoms with Crippen LogP contribution in [-0.4, -0.2) is 33.4 Å². The van der Waals surface area contributed by atoms with E-state index in [-0.39, 0.29) is 6.10 Å². The second kappa shape index (κ2) is 7.25. The van der Waals surface area contributed by atoms with Crippen LogP contribution in [0.3, 0.4) is 0 Å². The molecule has 1 rings (SSSR count). The summed E-state index contributed by atoms with van der Waals surface area (Å²) < 4.78 is 11.1. The molecular weight excluding hydrogens is 202 g/mol. The van der Waals surface area contributed by atoms with Crippen molar-refractivity contribution in [1.82, 2.24) is 5.32 Å². The third kappa shape index (κ3) is 3.83. The van der Waals surface area contributed by atoms with Crippen molar-refractivity contribution < 1.29 is 9.47 Å². The number of hydrogen-bond donors (Lipinski definition) is 1. The molecular formula is C13H21NO2. The number of ether oxygens (including phenoxy) is 2. The number of benzene rings is 1. The van der Waals surface area contributed by atoms with Crippen molar-refractivity contribution >= 4 is 0 Å². The highest BCUT2D eigenvalue weighted by atomic mass is 16.5. The summed E-state index contributed by atoms with van der Waals surface area (Å²) >= 11 is 0. The molecule has 0 saturated heterocycles. The maximum absolute atomic E-state index is 5.93. The topological polar surface area (TPSA) is 30.5 Å². The Bertz CT molecular complexity index is 296. The van der Waals surface area contributed by atoms with Gasteiger partial charge >= 0.3 is 0 Å². The van der Waals surface area contributed by atoms with Gasteiger partial charge in [-0.15, -0.1) is 0 Å². The molecule has 1 aromatic rings. The van der Waals surface area contributed by atoms with Gasteiger partial charge in [-0.05, 0) is 25.1 Å². The smallest absolute Gasteiger partial charge is 0.134 e. The number of nitrogens with one attached hydrogen (secondary N) is 1. The Labute approximate surface area is 97.8 Å². The minimum absolute atomic E-state index is 0.0581. The standard InChI is InChI=1S/C13H21NO2/c1-4-11-7-5-6-8-13(11)16-12(9-14-2)10-15-3/h5-8,12,14H,4,9-10H2,1-3H3. The van der Waals surface area contributed by atoms with Crippen LogP contribution >= 0.6 is 0 Å². The fourth-order valence-electron chi connectivity index (χ4n) is 1.64. The van der Waals surface area contributed by atoms with E-state index in [1.807, 2.05) is 25.2 Å². The van der Waals surface area contributed by atoms with E-state index < -0.39 is 0 Å². The van der Waals surface area contributed by atoms with E-state index >= 15 is 0 Å². The van der Waals surface area contributed by atoms with Gasteiger partial charge in [0.15, 0.2) is 0 Å². The molecule has 3 heteroatoms. The molecule has 3 nitrogen and oxygen atoms in total. The van der Waals surface area contributed by atoms with Crippen molar-refractivity contribution in [2.75, 3.05) is 27.3 Å². The molecule has 0 aliphatic rings. The van der Waals surface area contributed by atoms with E-state index in [0.29, 0.717) is 6.61 Å². The zero-order valence-corrected chi connectivity index (χ0v) is 10.3. The third-order valence-corrected chi connectivity index (χ3v) is 2.43. The van der Waals surface area contributed by atoms with Crippen molar-refractivity contribution in [3.63, 3.8) is 0 Å². The first kappa shape index (κ1) is 13.0. The number of methoxy groups -OCH3 is 1. The van der Waals surface area contributed by atoms with Gasteiger partial charge in [-0.25, -0.2) is 0 Å². The second-order valence-corrected chi connectivity index (χ2v) is 3.71. The summed E-state index contributed by atoms with van der Waals surface area (Å²) in [5.41, 5.74) is 1.24. The van der Waals surface area contributed by atoms with E-state index in [2.05, 4.69) is 18.3 Å². The molecule has 0 aromatic heterocycles. The summed E-state index contributed by atoms with van der Waals surface area (Å²) in [4.78, 5) is 0. The Morgan fingerprint density at radius 1 is 1.31 bits per heavy atom. The SMILES string of the molecule is CCc1ccccc1OC(CNC)COC. The van der Waals surface area contributed by atoms with Gasteiger partial charge in [-0.1, -0.05) is 25.1 Å². The first-order valence-corrected chi connectivity index (χ1v) is 5.69. The molecule has 16 heavy (non-hydrogen) atoms. The third-order valence-electron chi connectivity index (χ3n) is 2.43. The molecule has 1 N–H and O–H groups in total. The van der Waals surface area contributed by atoms with Crippen molar-refractivity contribution in [3.8, 4) is 5.75 Å². The fourth-order valence-corrected chi connectivity index (χ4v) is 1.64. The molecule has 0 radical (unpaired) electrons. The van der Waals surface area contributed by atoms with Crippen molar-refractivity contribution in [3.05, 3.63) is 29.8 Å². The summed E-state index contributed by atoms with van der Waals surface area (Å²) in [5.74, 6) is 0.960. The molecule has 0 amide bonds. The van der Waals surface area contributed by atoms with Crippen LogP contribution in [0.4, 0.5) is 0 Å². The Balaban J connectivity index is 2.67. The lowest BCUT2D eigenvalue weighted by molar-refractivity contribution is 0.0812. The van der Waals surface area contributed by atoms with Crippen LogP contribution in [0, 0.1) is 0 Å². The highest BCUT2D eigenvalue weighted by Gasteiger charge is 2.10. The maximum atomic E-state index is 5.93. The summed E-state index contributed by atoms with van der Waals surface area (Å²) in [6.07, 6.45) is 1.04. The maximum Gasteiger partial charge on any atom is 0.134 e. The normalized spacial score (nSPS) is 12.4. The highest BCUT2D eigenvalue weighted by Crippen LogP contribution is 2.19. The summed E-state index contributed by atoms with van der Waals surface area (Å²) in [5, 5.41) is 3.11. The molecule has 0 aliphatic heterocycles. The van der Waals surface area contributed by atoms with Crippen LogP contribution in [0.2, 0.25) is 0 Å². The lowest BCUT2D eigenvalue weighted by Gasteiger charge is -2.19. The lowest BCUT2D eigenvalue weighted by atomic mass is 10.1. The van der Waals surface area contributed by atoms with Crippen LogP contribution in [0.15, 0.2) is 24.3 Å². The van der Waals surface area contributed by atoms with E-state index in [4.69, 9.17) is 9.47 Å². The van der Waals surface area contributed by atoms with Crippen LogP contribution in [0.1, 0.15) is 12.5 Å². The number of aryl methyl sites for hydroxylation is 1.